The first-order valence-electron chi connectivity index (χ1n) is 9.85. The first kappa shape index (κ1) is 20.0. The number of nitrogens with zero attached hydrogens (tertiary/aromatic N) is 5. The lowest BCUT2D eigenvalue weighted by Gasteiger charge is -2.17. The van der Waals surface area contributed by atoms with Crippen molar-refractivity contribution in [2.24, 2.45) is 4.99 Å². The number of hydrogen-bond acceptors (Lipinski definition) is 6. The summed E-state index contributed by atoms with van der Waals surface area (Å²) >= 11 is 0. The minimum Gasteiger partial charge on any atom is -0.281 e. The Kier molecular flexibility index (Phi) is 5.22. The predicted molar refractivity (Wildman–Crippen MR) is 114 cm³/mol. The van der Waals surface area contributed by atoms with Crippen LogP contribution in [0.5, 0.6) is 0 Å². The number of sulfone groups is 1. The van der Waals surface area contributed by atoms with Gasteiger partial charge in [-0.1, -0.05) is 38.1 Å². The molecule has 3 aromatic rings. The zero-order valence-corrected chi connectivity index (χ0v) is 17.6. The van der Waals surface area contributed by atoms with Crippen molar-refractivity contribution in [1.29, 1.82) is 5.26 Å². The van der Waals surface area contributed by atoms with Crippen LogP contribution in [0.1, 0.15) is 48.6 Å². The van der Waals surface area contributed by atoms with E-state index >= 15 is 0 Å². The third-order valence-corrected chi connectivity index (χ3v) is 6.92. The molecule has 4 rings (SSSR count). The topological polar surface area (TPSA) is 101 Å². The lowest BCUT2D eigenvalue weighted by atomic mass is 9.96. The van der Waals surface area contributed by atoms with E-state index in [4.69, 9.17) is 4.99 Å². The second-order valence-electron chi connectivity index (χ2n) is 6.99. The predicted octanol–water partition coefficient (Wildman–Crippen LogP) is 3.24. The Balaban J connectivity index is 2.11. The monoisotopic (exact) mass is 419 g/mol. The number of nitriles is 1. The van der Waals surface area contributed by atoms with Crippen LogP contribution in [-0.4, -0.2) is 34.6 Å². The Bertz CT molecular complexity index is 1300. The van der Waals surface area contributed by atoms with Crippen LogP contribution in [0, 0.1) is 11.3 Å². The van der Waals surface area contributed by atoms with E-state index in [1.807, 2.05) is 16.7 Å². The maximum atomic E-state index is 13.0. The van der Waals surface area contributed by atoms with Gasteiger partial charge in [-0.25, -0.2) is 8.42 Å². The molecule has 0 saturated heterocycles. The van der Waals surface area contributed by atoms with Crippen LogP contribution in [0.15, 0.2) is 52.4 Å². The van der Waals surface area contributed by atoms with Gasteiger partial charge in [-0.15, -0.1) is 10.2 Å². The van der Waals surface area contributed by atoms with Gasteiger partial charge in [0, 0.05) is 17.5 Å². The summed E-state index contributed by atoms with van der Waals surface area (Å²) in [7, 11) is -3.54. The Morgan fingerprint density at radius 1 is 1.10 bits per heavy atom. The fraction of sp³-hybridized carbons (Fsp3) is 0.273. The van der Waals surface area contributed by atoms with Crippen LogP contribution in [0.4, 0.5) is 0 Å². The van der Waals surface area contributed by atoms with Crippen LogP contribution >= 0.6 is 0 Å². The van der Waals surface area contributed by atoms with Gasteiger partial charge in [0.25, 0.3) is 0 Å². The lowest BCUT2D eigenvalue weighted by molar-refractivity contribution is 0.597. The summed E-state index contributed by atoms with van der Waals surface area (Å²) in [5, 5.41) is 18.3. The first-order chi connectivity index (χ1) is 14.5. The van der Waals surface area contributed by atoms with Gasteiger partial charge in [0.1, 0.15) is 12.4 Å². The Hall–Kier alpha value is -3.31. The average Bonchev–Trinajstić information content (AvgIpc) is 3.08. The van der Waals surface area contributed by atoms with E-state index in [1.165, 1.54) is 0 Å². The maximum absolute atomic E-state index is 13.0. The quantitative estimate of drug-likeness (QED) is 0.632. The summed E-state index contributed by atoms with van der Waals surface area (Å²) in [5.41, 5.74) is 2.71. The molecule has 0 N–H and O–H groups in total. The number of aromatic nitrogens is 3. The molecule has 0 amide bonds. The number of aryl methyl sites for hydroxylation is 1. The zero-order valence-electron chi connectivity index (χ0n) is 16.8. The number of fused-ring (bicyclic) bond motifs is 3. The number of aliphatic imine (C=N–C) groups is 1. The fourth-order valence-corrected chi connectivity index (χ4v) is 4.82. The standard InChI is InChI=1S/C22H21N5O2S/c1-3-8-19-25-26-20-14-24-22(16-10-6-5-9-15(16)13-23)21-17(27(19)20)11-7-12-18(21)30(28,29)4-2/h5-7,9-12H,3-4,8,14H2,1-2H3. The average molecular weight is 420 g/mol. The third-order valence-electron chi connectivity index (χ3n) is 5.15. The third kappa shape index (κ3) is 3.21. The van der Waals surface area contributed by atoms with Gasteiger partial charge < -0.3 is 0 Å². The van der Waals surface area contributed by atoms with E-state index in [-0.39, 0.29) is 17.2 Å². The molecule has 7 nitrogen and oxygen atoms in total. The van der Waals surface area contributed by atoms with Crippen molar-refractivity contribution in [2.45, 2.75) is 38.1 Å². The summed E-state index contributed by atoms with van der Waals surface area (Å²) in [6.07, 6.45) is 1.59. The molecule has 152 valence electrons. The molecule has 1 aromatic heterocycles. The van der Waals surface area contributed by atoms with Crippen LogP contribution in [0.25, 0.3) is 5.69 Å². The molecule has 0 fully saturated rings. The smallest absolute Gasteiger partial charge is 0.178 e. The molecule has 0 saturated carbocycles. The Morgan fingerprint density at radius 2 is 1.90 bits per heavy atom. The summed E-state index contributed by atoms with van der Waals surface area (Å²) in [6, 6.07) is 14.5. The maximum Gasteiger partial charge on any atom is 0.178 e. The van der Waals surface area contributed by atoms with E-state index in [9.17, 15) is 13.7 Å². The van der Waals surface area contributed by atoms with Gasteiger partial charge in [-0.05, 0) is 24.6 Å². The molecular weight excluding hydrogens is 398 g/mol. The van der Waals surface area contributed by atoms with Crippen molar-refractivity contribution < 1.29 is 8.42 Å². The second-order valence-corrected chi connectivity index (χ2v) is 9.24. The summed E-state index contributed by atoms with van der Waals surface area (Å²) in [6.45, 7) is 3.92. The number of benzene rings is 2. The Morgan fingerprint density at radius 3 is 2.63 bits per heavy atom. The van der Waals surface area contributed by atoms with E-state index in [1.54, 1.807) is 37.3 Å². The molecule has 1 aliphatic heterocycles. The highest BCUT2D eigenvalue weighted by Gasteiger charge is 2.29. The first-order valence-corrected chi connectivity index (χ1v) is 11.5. The summed E-state index contributed by atoms with van der Waals surface area (Å²) in [4.78, 5) is 4.95. The molecule has 30 heavy (non-hydrogen) atoms. The second kappa shape index (κ2) is 7.84. The van der Waals surface area contributed by atoms with Crippen molar-refractivity contribution in [3.8, 4) is 11.8 Å². The summed E-state index contributed by atoms with van der Waals surface area (Å²) < 4.78 is 27.9. The van der Waals surface area contributed by atoms with Crippen molar-refractivity contribution in [3.63, 3.8) is 0 Å². The van der Waals surface area contributed by atoms with Crippen molar-refractivity contribution >= 4 is 15.5 Å². The van der Waals surface area contributed by atoms with E-state index in [0.717, 1.165) is 12.2 Å². The summed E-state index contributed by atoms with van der Waals surface area (Å²) in [5.74, 6) is 1.38. The van der Waals surface area contributed by atoms with Crippen LogP contribution < -0.4 is 0 Å². The molecule has 0 radical (unpaired) electrons. The molecule has 2 heterocycles. The largest absolute Gasteiger partial charge is 0.281 e. The molecule has 0 bridgehead atoms. The van der Waals surface area contributed by atoms with Crippen LogP contribution in [0.2, 0.25) is 0 Å². The zero-order chi connectivity index (χ0) is 21.3. The van der Waals surface area contributed by atoms with E-state index in [2.05, 4.69) is 23.2 Å². The van der Waals surface area contributed by atoms with Gasteiger partial charge in [-0.2, -0.15) is 5.26 Å². The van der Waals surface area contributed by atoms with E-state index < -0.39 is 9.84 Å². The van der Waals surface area contributed by atoms with Crippen molar-refractivity contribution in [3.05, 3.63) is 70.8 Å². The SMILES string of the molecule is CCCc1nnc2n1-c1cccc(S(=O)(=O)CC)c1C(c1ccccc1C#N)=NC2. The molecule has 0 aliphatic carbocycles. The molecule has 0 spiro atoms. The van der Waals surface area contributed by atoms with Crippen LogP contribution in [-0.2, 0) is 22.8 Å². The van der Waals surface area contributed by atoms with Gasteiger partial charge in [0.05, 0.1) is 33.7 Å². The van der Waals surface area contributed by atoms with Gasteiger partial charge in [-0.3, -0.25) is 9.56 Å². The van der Waals surface area contributed by atoms with Crippen molar-refractivity contribution in [2.75, 3.05) is 5.75 Å². The van der Waals surface area contributed by atoms with E-state index in [0.29, 0.717) is 40.3 Å². The number of hydrogen-bond donors (Lipinski definition) is 0. The van der Waals surface area contributed by atoms with Gasteiger partial charge >= 0.3 is 0 Å². The molecule has 1 aliphatic rings. The highest BCUT2D eigenvalue weighted by molar-refractivity contribution is 7.91. The molecular formula is C22H21N5O2S. The molecule has 8 heteroatoms. The highest BCUT2D eigenvalue weighted by atomic mass is 32.2. The highest BCUT2D eigenvalue weighted by Crippen LogP contribution is 2.32. The normalized spacial score (nSPS) is 13.0. The minimum atomic E-state index is -3.54. The molecule has 0 unspecified atom stereocenters. The van der Waals surface area contributed by atoms with Gasteiger partial charge in [0.15, 0.2) is 15.7 Å². The van der Waals surface area contributed by atoms with Crippen molar-refractivity contribution in [1.82, 2.24) is 14.8 Å². The molecule has 2 aromatic carbocycles. The Labute approximate surface area is 175 Å². The van der Waals surface area contributed by atoms with Gasteiger partial charge in [0.2, 0.25) is 0 Å². The van der Waals surface area contributed by atoms with Crippen LogP contribution in [0.3, 0.4) is 0 Å². The fourth-order valence-electron chi connectivity index (χ4n) is 3.71. The number of rotatable bonds is 5. The minimum absolute atomic E-state index is 0.0342. The molecule has 0 atom stereocenters. The lowest BCUT2D eigenvalue weighted by Crippen LogP contribution is -2.17.